The van der Waals surface area contributed by atoms with Gasteiger partial charge in [0.1, 0.15) is 0 Å². The summed E-state index contributed by atoms with van der Waals surface area (Å²) in [7, 11) is 0. The summed E-state index contributed by atoms with van der Waals surface area (Å²) in [6.45, 7) is 2.87. The van der Waals surface area contributed by atoms with Gasteiger partial charge in [0.15, 0.2) is 5.78 Å². The zero-order valence-electron chi connectivity index (χ0n) is 14.6. The first-order chi connectivity index (χ1) is 12.0. The van der Waals surface area contributed by atoms with E-state index in [0.717, 1.165) is 19.3 Å². The molecule has 0 bridgehead atoms. The summed E-state index contributed by atoms with van der Waals surface area (Å²) in [5.74, 6) is -0.860. The highest BCUT2D eigenvalue weighted by molar-refractivity contribution is 5.98. The number of likely N-dealkylation sites (tertiary alicyclic amines) is 1. The van der Waals surface area contributed by atoms with E-state index in [1.165, 1.54) is 5.56 Å². The highest BCUT2D eigenvalue weighted by atomic mass is 16.4. The third kappa shape index (κ3) is 4.09. The minimum atomic E-state index is -0.806. The van der Waals surface area contributed by atoms with E-state index in [1.54, 1.807) is 4.90 Å². The maximum atomic E-state index is 12.4. The van der Waals surface area contributed by atoms with Crippen LogP contribution in [-0.2, 0) is 16.0 Å². The highest BCUT2D eigenvalue weighted by Crippen LogP contribution is 2.44. The van der Waals surface area contributed by atoms with Gasteiger partial charge in [-0.2, -0.15) is 0 Å². The predicted molar refractivity (Wildman–Crippen MR) is 93.3 cm³/mol. The molecule has 5 heteroatoms. The number of Topliss-reactive ketones (excluding diaryl/α,β-unsaturated/α-hetero) is 1. The van der Waals surface area contributed by atoms with Gasteiger partial charge in [-0.3, -0.25) is 14.4 Å². The molecule has 2 aliphatic rings. The molecule has 1 aliphatic heterocycles. The second-order valence-electron chi connectivity index (χ2n) is 7.22. The van der Waals surface area contributed by atoms with E-state index < -0.39 is 11.9 Å². The number of rotatable bonds is 7. The number of carboxylic acids is 1. The highest BCUT2D eigenvalue weighted by Gasteiger charge is 2.46. The first kappa shape index (κ1) is 17.6. The minimum absolute atomic E-state index is 0.0382. The Morgan fingerprint density at radius 3 is 2.32 bits per heavy atom. The van der Waals surface area contributed by atoms with Gasteiger partial charge in [-0.1, -0.05) is 31.2 Å². The maximum absolute atomic E-state index is 12.4. The molecule has 25 heavy (non-hydrogen) atoms. The Labute approximate surface area is 148 Å². The van der Waals surface area contributed by atoms with Crippen molar-refractivity contribution in [1.82, 2.24) is 4.90 Å². The molecule has 1 aromatic rings. The summed E-state index contributed by atoms with van der Waals surface area (Å²) < 4.78 is 0. The summed E-state index contributed by atoms with van der Waals surface area (Å²) in [5.41, 5.74) is 1.81. The van der Waals surface area contributed by atoms with E-state index in [9.17, 15) is 19.5 Å². The minimum Gasteiger partial charge on any atom is -0.481 e. The number of hydrogen-bond donors (Lipinski definition) is 1. The molecule has 1 saturated carbocycles. The van der Waals surface area contributed by atoms with Crippen LogP contribution in [0, 0.1) is 17.8 Å². The summed E-state index contributed by atoms with van der Waals surface area (Å²) in [6.07, 6.45) is 3.39. The summed E-state index contributed by atoms with van der Waals surface area (Å²) in [6, 6.07) is 7.50. The van der Waals surface area contributed by atoms with Crippen LogP contribution in [-0.4, -0.2) is 40.8 Å². The third-order valence-corrected chi connectivity index (χ3v) is 5.51. The Kier molecular flexibility index (Phi) is 5.21. The van der Waals surface area contributed by atoms with Crippen molar-refractivity contribution in [2.24, 2.45) is 17.8 Å². The molecule has 1 aliphatic carbocycles. The van der Waals surface area contributed by atoms with Crippen molar-refractivity contribution in [3.63, 3.8) is 0 Å². The monoisotopic (exact) mass is 343 g/mol. The van der Waals surface area contributed by atoms with E-state index in [2.05, 4.69) is 6.92 Å². The lowest BCUT2D eigenvalue weighted by Crippen LogP contribution is -2.30. The smallest absolute Gasteiger partial charge is 0.308 e. The van der Waals surface area contributed by atoms with Crippen molar-refractivity contribution in [1.29, 1.82) is 0 Å². The number of carbonyl (C=O) groups is 3. The average Bonchev–Trinajstić information content (AvgIpc) is 3.37. The molecule has 2 fully saturated rings. The number of nitrogens with zero attached hydrogens (tertiary/aromatic N) is 1. The van der Waals surface area contributed by atoms with E-state index in [0.29, 0.717) is 18.0 Å². The number of amides is 1. The molecular weight excluding hydrogens is 318 g/mol. The Hall–Kier alpha value is -2.17. The number of aliphatic carboxylic acids is 1. The van der Waals surface area contributed by atoms with Crippen molar-refractivity contribution in [2.45, 2.75) is 39.0 Å². The summed E-state index contributed by atoms with van der Waals surface area (Å²) in [5, 5.41) is 9.38. The molecule has 1 saturated heterocycles. The molecule has 0 radical (unpaired) electrons. The molecule has 2 atom stereocenters. The molecule has 5 nitrogen and oxygen atoms in total. The number of benzene rings is 1. The Bertz CT molecular complexity index is 663. The van der Waals surface area contributed by atoms with Gasteiger partial charge >= 0.3 is 5.97 Å². The lowest BCUT2D eigenvalue weighted by molar-refractivity contribution is -0.142. The molecule has 134 valence electrons. The van der Waals surface area contributed by atoms with Crippen LogP contribution in [0.5, 0.6) is 0 Å². The van der Waals surface area contributed by atoms with Gasteiger partial charge in [0.25, 0.3) is 0 Å². The summed E-state index contributed by atoms with van der Waals surface area (Å²) in [4.78, 5) is 37.7. The zero-order valence-corrected chi connectivity index (χ0v) is 14.6. The number of carboxylic acid groups (broad SMARTS) is 1. The molecule has 0 unspecified atom stereocenters. The SMILES string of the molecule is CCc1ccc(C(=O)CCC(=O)N2C[C@H](C(=O)O)[C@@H](C3CC3)C2)cc1. The van der Waals surface area contributed by atoms with E-state index in [-0.39, 0.29) is 37.0 Å². The molecule has 1 aromatic carbocycles. The molecule has 0 spiro atoms. The predicted octanol–water partition coefficient (Wildman–Crippen LogP) is 2.78. The molecule has 3 rings (SSSR count). The van der Waals surface area contributed by atoms with Crippen molar-refractivity contribution >= 4 is 17.7 Å². The Morgan fingerprint density at radius 2 is 1.76 bits per heavy atom. The van der Waals surface area contributed by atoms with Gasteiger partial charge < -0.3 is 10.0 Å². The van der Waals surface area contributed by atoms with Gasteiger partial charge in [0.2, 0.25) is 5.91 Å². The van der Waals surface area contributed by atoms with Crippen LogP contribution in [0.1, 0.15) is 48.5 Å². The van der Waals surface area contributed by atoms with E-state index in [1.807, 2.05) is 24.3 Å². The number of carbonyl (C=O) groups excluding carboxylic acids is 2. The molecule has 0 aromatic heterocycles. The molecule has 1 amide bonds. The average molecular weight is 343 g/mol. The van der Waals surface area contributed by atoms with Crippen LogP contribution >= 0.6 is 0 Å². The molecular formula is C20H25NO4. The molecule has 1 heterocycles. The fraction of sp³-hybridized carbons (Fsp3) is 0.550. The van der Waals surface area contributed by atoms with Crippen LogP contribution < -0.4 is 0 Å². The van der Waals surface area contributed by atoms with Crippen LogP contribution in [0.25, 0.3) is 0 Å². The third-order valence-electron chi connectivity index (χ3n) is 5.51. The summed E-state index contributed by atoms with van der Waals surface area (Å²) >= 11 is 0. The zero-order chi connectivity index (χ0) is 18.0. The van der Waals surface area contributed by atoms with Crippen molar-refractivity contribution in [2.75, 3.05) is 13.1 Å². The lowest BCUT2D eigenvalue weighted by atomic mass is 9.92. The van der Waals surface area contributed by atoms with Gasteiger partial charge in [0, 0.05) is 31.5 Å². The standard InChI is InChI=1S/C20H25NO4/c1-2-13-3-5-15(6-4-13)18(22)9-10-19(23)21-11-16(14-7-8-14)17(12-21)20(24)25/h3-6,14,16-17H,2,7-12H2,1H3,(H,24,25)/t16-,17+/m1/s1. The van der Waals surface area contributed by atoms with Gasteiger partial charge in [0.05, 0.1) is 5.92 Å². The van der Waals surface area contributed by atoms with Crippen LogP contribution in [0.3, 0.4) is 0 Å². The second kappa shape index (κ2) is 7.38. The number of aryl methyl sites for hydroxylation is 1. The van der Waals surface area contributed by atoms with Gasteiger partial charge in [-0.05, 0) is 36.7 Å². The normalized spacial score (nSPS) is 22.8. The first-order valence-corrected chi connectivity index (χ1v) is 9.12. The quantitative estimate of drug-likeness (QED) is 0.773. The topological polar surface area (TPSA) is 74.7 Å². The van der Waals surface area contributed by atoms with Gasteiger partial charge in [-0.25, -0.2) is 0 Å². The Morgan fingerprint density at radius 1 is 1.08 bits per heavy atom. The van der Waals surface area contributed by atoms with E-state index >= 15 is 0 Å². The van der Waals surface area contributed by atoms with Crippen LogP contribution in [0.15, 0.2) is 24.3 Å². The Balaban J connectivity index is 1.53. The lowest BCUT2D eigenvalue weighted by Gasteiger charge is -2.16. The molecule has 1 N–H and O–H groups in total. The van der Waals surface area contributed by atoms with Crippen LogP contribution in [0.4, 0.5) is 0 Å². The fourth-order valence-corrected chi connectivity index (χ4v) is 3.75. The largest absolute Gasteiger partial charge is 0.481 e. The first-order valence-electron chi connectivity index (χ1n) is 9.12. The number of hydrogen-bond acceptors (Lipinski definition) is 3. The van der Waals surface area contributed by atoms with Crippen LogP contribution in [0.2, 0.25) is 0 Å². The number of ketones is 1. The maximum Gasteiger partial charge on any atom is 0.308 e. The van der Waals surface area contributed by atoms with Crippen molar-refractivity contribution in [3.05, 3.63) is 35.4 Å². The van der Waals surface area contributed by atoms with E-state index in [4.69, 9.17) is 0 Å². The fourth-order valence-electron chi connectivity index (χ4n) is 3.75. The second-order valence-corrected chi connectivity index (χ2v) is 7.22. The van der Waals surface area contributed by atoms with Crippen molar-refractivity contribution in [3.8, 4) is 0 Å². The van der Waals surface area contributed by atoms with Gasteiger partial charge in [-0.15, -0.1) is 0 Å². The van der Waals surface area contributed by atoms with Crippen molar-refractivity contribution < 1.29 is 19.5 Å².